The number of aliphatic carboxylic acids is 1. The van der Waals surface area contributed by atoms with Crippen molar-refractivity contribution in [2.24, 2.45) is 22.2 Å². The lowest BCUT2D eigenvalue weighted by atomic mass is 9.93. The van der Waals surface area contributed by atoms with E-state index >= 15 is 0 Å². The Balaban J connectivity index is 1.79. The standard InChI is InChI=1S/C30H46N8O8/c1-17(39)23(27(44)45)36-26(43)22-7-5-15-38(22)28(46)30(12-2-3-13-30)37-25(42)21(16-18-8-10-19(40)11-9-18)35-24(41)20(31)6-4-14-34-29(32)33/h8-11,17,20-23,39-40H,2-7,12-16,31H2,1H3,(H,35,41)(H,36,43)(H,37,42)(H,44,45)(H4,32,33,34)/t17-,20+,21+,22+,23+/m1/s1. The molecule has 0 radical (unpaired) electrons. The van der Waals surface area contributed by atoms with Crippen molar-refractivity contribution in [2.45, 2.75) is 101 Å². The first-order valence-electron chi connectivity index (χ1n) is 15.5. The number of carbonyl (C=O) groups is 5. The third-order valence-electron chi connectivity index (χ3n) is 8.41. The van der Waals surface area contributed by atoms with Gasteiger partial charge in [-0.05, 0) is 63.1 Å². The maximum absolute atomic E-state index is 14.1. The fourth-order valence-corrected chi connectivity index (χ4v) is 5.90. The number of hydrogen-bond acceptors (Lipinski definition) is 9. The number of nitrogens with zero attached hydrogens (tertiary/aromatic N) is 2. The number of aliphatic hydroxyl groups excluding tert-OH is 1. The Morgan fingerprint density at radius 3 is 2.28 bits per heavy atom. The van der Waals surface area contributed by atoms with Gasteiger partial charge in [0.25, 0.3) is 0 Å². The van der Waals surface area contributed by atoms with Crippen LogP contribution >= 0.6 is 0 Å². The van der Waals surface area contributed by atoms with Crippen LogP contribution in [0.15, 0.2) is 29.3 Å². The van der Waals surface area contributed by atoms with E-state index in [1.165, 1.54) is 24.0 Å². The number of nitrogens with one attached hydrogen (secondary N) is 3. The monoisotopic (exact) mass is 646 g/mol. The molecular weight excluding hydrogens is 600 g/mol. The van der Waals surface area contributed by atoms with E-state index in [1.807, 2.05) is 0 Å². The van der Waals surface area contributed by atoms with Gasteiger partial charge in [-0.2, -0.15) is 0 Å². The predicted molar refractivity (Wildman–Crippen MR) is 167 cm³/mol. The molecule has 16 heteroatoms. The van der Waals surface area contributed by atoms with Crippen molar-refractivity contribution < 1.29 is 39.3 Å². The SMILES string of the molecule is C[C@@H](O)[C@H](NC(=O)[C@@H]1CCCN1C(=O)C1(NC(=O)[C@H](Cc2ccc(O)cc2)NC(=O)[C@@H](N)CCCN=C(N)N)CCCC1)C(=O)O. The number of rotatable bonds is 15. The van der Waals surface area contributed by atoms with Crippen LogP contribution in [0.25, 0.3) is 0 Å². The largest absolute Gasteiger partial charge is 0.508 e. The Hall–Kier alpha value is -4.44. The molecule has 0 unspecified atom stereocenters. The molecule has 16 nitrogen and oxygen atoms in total. The van der Waals surface area contributed by atoms with E-state index in [4.69, 9.17) is 17.2 Å². The van der Waals surface area contributed by atoms with E-state index in [-0.39, 0.29) is 44.1 Å². The van der Waals surface area contributed by atoms with Crippen LogP contribution in [0.5, 0.6) is 5.75 Å². The number of aliphatic imine (C=N–C) groups is 1. The van der Waals surface area contributed by atoms with Gasteiger partial charge in [0.1, 0.15) is 23.4 Å². The molecule has 2 fully saturated rings. The Labute approximate surface area is 267 Å². The van der Waals surface area contributed by atoms with Crippen LogP contribution in [0.3, 0.4) is 0 Å². The molecule has 46 heavy (non-hydrogen) atoms. The minimum Gasteiger partial charge on any atom is -0.508 e. The molecule has 1 aliphatic heterocycles. The van der Waals surface area contributed by atoms with Gasteiger partial charge >= 0.3 is 5.97 Å². The molecule has 1 heterocycles. The summed E-state index contributed by atoms with van der Waals surface area (Å²) in [5.74, 6) is -3.84. The summed E-state index contributed by atoms with van der Waals surface area (Å²) in [6.07, 6.45) is 1.99. The van der Waals surface area contributed by atoms with Gasteiger partial charge in [0.2, 0.25) is 23.6 Å². The number of guanidine groups is 1. The van der Waals surface area contributed by atoms with E-state index in [0.29, 0.717) is 44.1 Å². The Kier molecular flexibility index (Phi) is 12.7. The van der Waals surface area contributed by atoms with Gasteiger partial charge in [-0.15, -0.1) is 0 Å². The number of amides is 4. The number of phenolic OH excluding ortho intramolecular Hbond substituents is 1. The number of hydrogen-bond donors (Lipinski definition) is 9. The van der Waals surface area contributed by atoms with Crippen molar-refractivity contribution in [3.8, 4) is 5.75 Å². The van der Waals surface area contributed by atoms with Crippen LogP contribution in [-0.4, -0.2) is 105 Å². The Morgan fingerprint density at radius 2 is 1.70 bits per heavy atom. The van der Waals surface area contributed by atoms with Crippen molar-refractivity contribution in [1.82, 2.24) is 20.9 Å². The van der Waals surface area contributed by atoms with Crippen LogP contribution in [0.4, 0.5) is 0 Å². The minimum atomic E-state index is -1.55. The molecule has 1 aliphatic carbocycles. The van der Waals surface area contributed by atoms with Gasteiger partial charge in [0.05, 0.1) is 12.1 Å². The third-order valence-corrected chi connectivity index (χ3v) is 8.41. The highest BCUT2D eigenvalue weighted by atomic mass is 16.4. The van der Waals surface area contributed by atoms with E-state index in [1.54, 1.807) is 12.1 Å². The summed E-state index contributed by atoms with van der Waals surface area (Å²) in [6, 6.07) is 1.50. The smallest absolute Gasteiger partial charge is 0.328 e. The minimum absolute atomic E-state index is 0.0272. The molecule has 2 aliphatic rings. The van der Waals surface area contributed by atoms with Gasteiger partial charge in [0, 0.05) is 19.5 Å². The predicted octanol–water partition coefficient (Wildman–Crippen LogP) is -1.83. The molecule has 1 aromatic rings. The number of likely N-dealkylation sites (tertiary alicyclic amines) is 1. The zero-order chi connectivity index (χ0) is 34.0. The molecule has 254 valence electrons. The molecule has 5 atom stereocenters. The summed E-state index contributed by atoms with van der Waals surface area (Å²) >= 11 is 0. The molecule has 1 saturated carbocycles. The first kappa shape index (κ1) is 36.0. The zero-order valence-electron chi connectivity index (χ0n) is 26.0. The fraction of sp³-hybridized carbons (Fsp3) is 0.600. The first-order chi connectivity index (χ1) is 21.7. The van der Waals surface area contributed by atoms with Crippen LogP contribution in [0, 0.1) is 0 Å². The quantitative estimate of drug-likeness (QED) is 0.0581. The molecule has 1 saturated heterocycles. The number of carboxylic acid groups (broad SMARTS) is 1. The van der Waals surface area contributed by atoms with E-state index in [9.17, 15) is 39.3 Å². The summed E-state index contributed by atoms with van der Waals surface area (Å²) in [5, 5.41) is 36.9. The van der Waals surface area contributed by atoms with Gasteiger partial charge < -0.3 is 53.4 Å². The summed E-state index contributed by atoms with van der Waals surface area (Å²) in [6.45, 7) is 1.74. The highest BCUT2D eigenvalue weighted by molar-refractivity contribution is 5.98. The summed E-state index contributed by atoms with van der Waals surface area (Å²) in [4.78, 5) is 71.0. The maximum Gasteiger partial charge on any atom is 0.328 e. The third kappa shape index (κ3) is 9.53. The second kappa shape index (κ2) is 16.2. The number of carboxylic acids is 1. The molecule has 12 N–H and O–H groups in total. The Morgan fingerprint density at radius 1 is 1.04 bits per heavy atom. The number of nitrogens with two attached hydrogens (primary N) is 3. The molecular formula is C30H46N8O8. The number of aromatic hydroxyl groups is 1. The topological polar surface area (TPSA) is 276 Å². The lowest BCUT2D eigenvalue weighted by Gasteiger charge is -2.37. The number of benzene rings is 1. The zero-order valence-corrected chi connectivity index (χ0v) is 26.0. The molecule has 0 aromatic heterocycles. The second-order valence-corrected chi connectivity index (χ2v) is 12.0. The summed E-state index contributed by atoms with van der Waals surface area (Å²) < 4.78 is 0. The van der Waals surface area contributed by atoms with Crippen molar-refractivity contribution in [3.05, 3.63) is 29.8 Å². The van der Waals surface area contributed by atoms with Crippen molar-refractivity contribution in [1.29, 1.82) is 0 Å². The Bertz CT molecular complexity index is 1280. The second-order valence-electron chi connectivity index (χ2n) is 12.0. The van der Waals surface area contributed by atoms with Crippen LogP contribution in [0.1, 0.15) is 63.9 Å². The molecule has 0 bridgehead atoms. The van der Waals surface area contributed by atoms with Crippen LogP contribution in [-0.2, 0) is 30.4 Å². The highest BCUT2D eigenvalue weighted by Gasteiger charge is 2.49. The van der Waals surface area contributed by atoms with E-state index < -0.39 is 65.4 Å². The van der Waals surface area contributed by atoms with Gasteiger partial charge in [-0.1, -0.05) is 25.0 Å². The number of phenols is 1. The molecule has 0 spiro atoms. The molecule has 4 amide bonds. The average Bonchev–Trinajstić information content (AvgIpc) is 3.68. The van der Waals surface area contributed by atoms with Gasteiger partial charge in [-0.3, -0.25) is 24.2 Å². The highest BCUT2D eigenvalue weighted by Crippen LogP contribution is 2.34. The molecule has 3 rings (SSSR count). The first-order valence-corrected chi connectivity index (χ1v) is 15.5. The van der Waals surface area contributed by atoms with E-state index in [2.05, 4.69) is 20.9 Å². The fourth-order valence-electron chi connectivity index (χ4n) is 5.90. The number of aliphatic hydroxyl groups is 1. The van der Waals surface area contributed by atoms with Crippen molar-refractivity contribution >= 4 is 35.6 Å². The van der Waals surface area contributed by atoms with Crippen molar-refractivity contribution in [3.63, 3.8) is 0 Å². The maximum atomic E-state index is 14.1. The van der Waals surface area contributed by atoms with Crippen LogP contribution < -0.4 is 33.2 Å². The summed E-state index contributed by atoms with van der Waals surface area (Å²) in [7, 11) is 0. The molecule has 1 aromatic carbocycles. The normalized spacial score (nSPS) is 19.7. The number of carbonyl (C=O) groups excluding carboxylic acids is 4. The lowest BCUT2D eigenvalue weighted by Crippen LogP contribution is -2.64. The van der Waals surface area contributed by atoms with Gasteiger partial charge in [0.15, 0.2) is 12.0 Å². The van der Waals surface area contributed by atoms with Crippen molar-refractivity contribution in [2.75, 3.05) is 13.1 Å². The summed E-state index contributed by atoms with van der Waals surface area (Å²) in [5.41, 5.74) is 16.0. The average molecular weight is 647 g/mol. The van der Waals surface area contributed by atoms with Gasteiger partial charge in [-0.25, -0.2) is 4.79 Å². The van der Waals surface area contributed by atoms with E-state index in [0.717, 1.165) is 0 Å². The van der Waals surface area contributed by atoms with Crippen LogP contribution in [0.2, 0.25) is 0 Å². The lowest BCUT2D eigenvalue weighted by molar-refractivity contribution is -0.148.